The number of aliphatic hydroxyl groups is 1. The van der Waals surface area contributed by atoms with E-state index in [0.717, 1.165) is 39.2 Å². The predicted octanol–water partition coefficient (Wildman–Crippen LogP) is 14.0. The number of anilines is 2. The van der Waals surface area contributed by atoms with Crippen LogP contribution in [-0.2, 0) is 10.1 Å². The first-order chi connectivity index (χ1) is 29.9. The highest BCUT2D eigenvalue weighted by atomic mass is 16.5. The molecule has 0 aromatic heterocycles. The van der Waals surface area contributed by atoms with E-state index in [1.165, 1.54) is 33.4 Å². The SMILES string of the molecule is C/C=C\C=C/C(=Cc1ccccc1)N(c1ccc(-c2ccccc2)cc1)c1ccc(-c2ccccc2C2(C)C(/C=C\C=C/C)=Cc3c([B]OC(C)(C)C(C)(C)O)cccc32)cc1. The number of benzene rings is 6. The molecule has 1 unspecified atom stereocenters. The van der Waals surface area contributed by atoms with Crippen LogP contribution < -0.4 is 10.4 Å². The van der Waals surface area contributed by atoms with Gasteiger partial charge in [-0.15, -0.1) is 0 Å². The Hall–Kier alpha value is -6.46. The van der Waals surface area contributed by atoms with Gasteiger partial charge in [-0.2, -0.15) is 0 Å². The first kappa shape index (κ1) is 43.6. The standard InChI is InChI=1S/C58H57BNO2/c1-8-10-14-27-47-42-52-54(31-22-32-55(52)59-62-57(5,6)56(3,4)61)58(47,7)53-30-21-20-29-51(53)46-35-39-49(40-36-46)60(48-37-33-45(34-38-48)44-25-18-13-19-26-44)50(28-15-11-9-2)41-43-23-16-12-17-24-43/h8-42,61H,1-7H3/b10-8-,11-9-,27-14-,28-15-,50-41?. The topological polar surface area (TPSA) is 32.7 Å². The lowest BCUT2D eigenvalue weighted by atomic mass is 9.69. The monoisotopic (exact) mass is 810 g/mol. The molecule has 6 aromatic carbocycles. The van der Waals surface area contributed by atoms with Crippen molar-refractivity contribution in [2.45, 2.75) is 65.1 Å². The molecule has 6 aromatic rings. The smallest absolute Gasteiger partial charge is 0.331 e. The second kappa shape index (κ2) is 19.1. The summed E-state index contributed by atoms with van der Waals surface area (Å²) in [6.45, 7) is 13.8. The van der Waals surface area contributed by atoms with E-state index < -0.39 is 16.6 Å². The van der Waals surface area contributed by atoms with Gasteiger partial charge in [0.05, 0.1) is 11.2 Å². The molecule has 7 rings (SSSR count). The number of fused-ring (bicyclic) bond motifs is 1. The molecule has 1 N–H and O–H groups in total. The van der Waals surface area contributed by atoms with Crippen LogP contribution >= 0.6 is 0 Å². The van der Waals surface area contributed by atoms with Gasteiger partial charge in [0.1, 0.15) is 0 Å². The fourth-order valence-corrected chi connectivity index (χ4v) is 7.89. The molecule has 0 fully saturated rings. The molecule has 1 atom stereocenters. The summed E-state index contributed by atoms with van der Waals surface area (Å²) < 4.78 is 6.32. The zero-order chi connectivity index (χ0) is 43.7. The van der Waals surface area contributed by atoms with Crippen LogP contribution in [0.3, 0.4) is 0 Å². The van der Waals surface area contributed by atoms with Crippen LogP contribution in [0.2, 0.25) is 0 Å². The van der Waals surface area contributed by atoms with E-state index in [2.05, 4.69) is 218 Å². The summed E-state index contributed by atoms with van der Waals surface area (Å²) in [7, 11) is 1.81. The summed E-state index contributed by atoms with van der Waals surface area (Å²) in [5.41, 5.74) is 12.3. The molecule has 0 saturated heterocycles. The van der Waals surface area contributed by atoms with Crippen molar-refractivity contribution in [2.75, 3.05) is 4.90 Å². The van der Waals surface area contributed by atoms with Crippen molar-refractivity contribution in [3.05, 3.63) is 234 Å². The molecule has 62 heavy (non-hydrogen) atoms. The van der Waals surface area contributed by atoms with Crippen molar-refractivity contribution in [3.8, 4) is 22.3 Å². The molecular weight excluding hydrogens is 753 g/mol. The number of rotatable bonds is 15. The van der Waals surface area contributed by atoms with Crippen LogP contribution in [0.1, 0.15) is 70.7 Å². The van der Waals surface area contributed by atoms with Crippen LogP contribution in [0.15, 0.2) is 212 Å². The average molecular weight is 811 g/mol. The molecule has 0 bridgehead atoms. The third kappa shape index (κ3) is 9.38. The van der Waals surface area contributed by atoms with Gasteiger partial charge in [0.2, 0.25) is 0 Å². The Bertz CT molecular complexity index is 2640. The molecule has 1 radical (unpaired) electrons. The minimum absolute atomic E-state index is 0.478. The third-order valence-electron chi connectivity index (χ3n) is 12.2. The summed E-state index contributed by atoms with van der Waals surface area (Å²) in [4.78, 5) is 2.33. The van der Waals surface area contributed by atoms with Crippen LogP contribution in [-0.4, -0.2) is 23.8 Å². The van der Waals surface area contributed by atoms with E-state index in [-0.39, 0.29) is 0 Å². The van der Waals surface area contributed by atoms with Crippen molar-refractivity contribution in [1.29, 1.82) is 0 Å². The Morgan fingerprint density at radius 2 is 1.18 bits per heavy atom. The molecule has 0 amide bonds. The Kier molecular flexibility index (Phi) is 13.4. The summed E-state index contributed by atoms with van der Waals surface area (Å²) in [5, 5.41) is 10.9. The molecule has 0 aliphatic heterocycles. The largest absolute Gasteiger partial charge is 0.427 e. The van der Waals surface area contributed by atoms with Gasteiger partial charge >= 0.3 is 7.48 Å². The lowest BCUT2D eigenvalue weighted by Crippen LogP contribution is -2.49. The highest BCUT2D eigenvalue weighted by Gasteiger charge is 2.41. The van der Waals surface area contributed by atoms with Gasteiger partial charge < -0.3 is 14.7 Å². The number of hydrogen-bond donors (Lipinski definition) is 1. The average Bonchev–Trinajstić information content (AvgIpc) is 3.58. The Balaban J connectivity index is 1.32. The van der Waals surface area contributed by atoms with Crippen LogP contribution in [0.25, 0.3) is 34.4 Å². The maximum absolute atomic E-state index is 10.9. The van der Waals surface area contributed by atoms with Gasteiger partial charge in [0, 0.05) is 22.5 Å². The van der Waals surface area contributed by atoms with Gasteiger partial charge in [-0.05, 0) is 140 Å². The van der Waals surface area contributed by atoms with Gasteiger partial charge in [0.25, 0.3) is 0 Å². The number of allylic oxidation sites excluding steroid dienone is 9. The quantitative estimate of drug-likeness (QED) is 0.0828. The van der Waals surface area contributed by atoms with Crippen molar-refractivity contribution in [3.63, 3.8) is 0 Å². The lowest BCUT2D eigenvalue weighted by molar-refractivity contribution is -0.0893. The van der Waals surface area contributed by atoms with Crippen molar-refractivity contribution in [1.82, 2.24) is 0 Å². The van der Waals surface area contributed by atoms with Crippen LogP contribution in [0.4, 0.5) is 11.4 Å². The first-order valence-corrected chi connectivity index (χ1v) is 21.5. The molecule has 4 heteroatoms. The third-order valence-corrected chi connectivity index (χ3v) is 12.2. The second-order valence-corrected chi connectivity index (χ2v) is 16.9. The van der Waals surface area contributed by atoms with Crippen molar-refractivity contribution in [2.24, 2.45) is 0 Å². The van der Waals surface area contributed by atoms with E-state index in [1.54, 1.807) is 13.8 Å². The Labute approximate surface area is 370 Å². The number of nitrogens with zero attached hydrogens (tertiary/aromatic N) is 1. The molecule has 0 heterocycles. The second-order valence-electron chi connectivity index (χ2n) is 16.9. The summed E-state index contributed by atoms with van der Waals surface area (Å²) in [6.07, 6.45) is 21.4. The molecule has 1 aliphatic rings. The van der Waals surface area contributed by atoms with Crippen molar-refractivity contribution < 1.29 is 9.76 Å². The molecule has 1 aliphatic carbocycles. The maximum Gasteiger partial charge on any atom is 0.331 e. The van der Waals surface area contributed by atoms with E-state index in [9.17, 15) is 5.11 Å². The Morgan fingerprint density at radius 1 is 0.613 bits per heavy atom. The fraction of sp³-hybridized carbons (Fsp3) is 0.172. The molecule has 309 valence electrons. The summed E-state index contributed by atoms with van der Waals surface area (Å²) in [5.74, 6) is 0. The minimum atomic E-state index is -1.03. The highest BCUT2D eigenvalue weighted by Crippen LogP contribution is 2.50. The zero-order valence-corrected chi connectivity index (χ0v) is 37.1. The van der Waals surface area contributed by atoms with Crippen molar-refractivity contribution >= 4 is 36.5 Å². The molecule has 3 nitrogen and oxygen atoms in total. The number of hydrogen-bond acceptors (Lipinski definition) is 3. The summed E-state index contributed by atoms with van der Waals surface area (Å²) >= 11 is 0. The Morgan fingerprint density at radius 3 is 1.82 bits per heavy atom. The van der Waals surface area contributed by atoms with Gasteiger partial charge in [-0.1, -0.05) is 176 Å². The zero-order valence-electron chi connectivity index (χ0n) is 37.1. The molecule has 0 spiro atoms. The van der Waals surface area contributed by atoms with Gasteiger partial charge in [-0.3, -0.25) is 0 Å². The highest BCUT2D eigenvalue weighted by molar-refractivity contribution is 6.48. The van der Waals surface area contributed by atoms with Crippen LogP contribution in [0.5, 0.6) is 0 Å². The van der Waals surface area contributed by atoms with Gasteiger partial charge in [0.15, 0.2) is 0 Å². The van der Waals surface area contributed by atoms with E-state index in [0.29, 0.717) is 0 Å². The van der Waals surface area contributed by atoms with Crippen LogP contribution in [0, 0.1) is 0 Å². The lowest BCUT2D eigenvalue weighted by Gasteiger charge is -2.37. The predicted molar refractivity (Wildman–Crippen MR) is 266 cm³/mol. The van der Waals surface area contributed by atoms with Gasteiger partial charge in [-0.25, -0.2) is 0 Å². The maximum atomic E-state index is 10.9. The van der Waals surface area contributed by atoms with E-state index in [4.69, 9.17) is 4.65 Å². The summed E-state index contributed by atoms with van der Waals surface area (Å²) in [6, 6.07) is 54.1. The molecule has 0 saturated carbocycles. The minimum Gasteiger partial charge on any atom is -0.427 e. The fourth-order valence-electron chi connectivity index (χ4n) is 7.89. The van der Waals surface area contributed by atoms with E-state index in [1.807, 2.05) is 41.3 Å². The van der Waals surface area contributed by atoms with E-state index >= 15 is 0 Å². The normalized spacial score (nSPS) is 15.8. The molecular formula is C58H57BNO2. The first-order valence-electron chi connectivity index (χ1n) is 21.5.